The second-order valence-corrected chi connectivity index (χ2v) is 34.4. The number of rotatable bonds is 7. The Labute approximate surface area is 640 Å². The second kappa shape index (κ2) is 27.5. The highest BCUT2D eigenvalue weighted by Crippen LogP contribution is 2.64. The molecule has 4 aliphatic heterocycles. The number of carboxylic acids is 1. The van der Waals surface area contributed by atoms with Crippen LogP contribution in [0.15, 0.2) is 81.7 Å². The van der Waals surface area contributed by atoms with Crippen LogP contribution in [0.25, 0.3) is 0 Å². The van der Waals surface area contributed by atoms with E-state index in [4.69, 9.17) is 62.5 Å². The number of pyridine rings is 6. The van der Waals surface area contributed by atoms with Crippen molar-refractivity contribution in [3.05, 3.63) is 160 Å². The van der Waals surface area contributed by atoms with Gasteiger partial charge in [-0.15, -0.1) is 0 Å². The summed E-state index contributed by atoms with van der Waals surface area (Å²) in [6.45, 7) is 24.3. The van der Waals surface area contributed by atoms with Crippen LogP contribution in [-0.4, -0.2) is 136 Å². The summed E-state index contributed by atoms with van der Waals surface area (Å²) in [6.07, 6.45) is 10.3. The number of aromatic carboxylic acids is 1. The van der Waals surface area contributed by atoms with Crippen molar-refractivity contribution in [1.82, 2.24) is 29.9 Å². The topological polar surface area (TPSA) is 357 Å². The van der Waals surface area contributed by atoms with Gasteiger partial charge in [0.05, 0.1) is 97.9 Å². The zero-order valence-corrected chi connectivity index (χ0v) is 66.4. The second-order valence-electron chi connectivity index (χ2n) is 31.9. The van der Waals surface area contributed by atoms with E-state index >= 15 is 0 Å². The molecule has 10 aliphatic rings. The van der Waals surface area contributed by atoms with Crippen molar-refractivity contribution in [2.75, 3.05) is 25.3 Å². The number of nitrogens with two attached hydrogens (primary N) is 1. The molecule has 0 atom stereocenters. The zero-order chi connectivity index (χ0) is 77.9. The third kappa shape index (κ3) is 14.5. The highest BCUT2D eigenvalue weighted by Gasteiger charge is 2.67. The molecule has 106 heavy (non-hydrogen) atoms. The molecule has 29 heteroatoms. The van der Waals surface area contributed by atoms with Crippen molar-refractivity contribution in [2.45, 2.75) is 233 Å². The molecule has 16 rings (SSSR count). The summed E-state index contributed by atoms with van der Waals surface area (Å²) in [5, 5.41) is 22.7. The highest BCUT2D eigenvalue weighted by molar-refractivity contribution is 9.10. The number of aliphatic hydroxyl groups is 1. The monoisotopic (exact) mass is 1620 g/mol. The lowest BCUT2D eigenvalue weighted by molar-refractivity contribution is -0.143. The molecule has 25 nitrogen and oxygen atoms in total. The Bertz CT molecular complexity index is 4640. The van der Waals surface area contributed by atoms with Crippen molar-refractivity contribution in [1.29, 1.82) is 0 Å². The largest absolute Gasteiger partial charge is 0.477 e. The number of cyclic esters (lactones) is 4. The maximum absolute atomic E-state index is 12.2. The normalized spacial score (nSPS) is 20.8. The van der Waals surface area contributed by atoms with E-state index in [-0.39, 0.29) is 62.3 Å². The number of fused-ring (bicyclic) bond motifs is 8. The number of anilines is 2. The summed E-state index contributed by atoms with van der Waals surface area (Å²) in [7, 11) is 2.70. The van der Waals surface area contributed by atoms with Crippen LogP contribution < -0.4 is 11.1 Å². The molecule has 0 saturated heterocycles. The van der Waals surface area contributed by atoms with Crippen LogP contribution >= 0.6 is 55.1 Å². The predicted molar refractivity (Wildman–Crippen MR) is 395 cm³/mol. The summed E-state index contributed by atoms with van der Waals surface area (Å²) in [5.41, 5.74) is 6.89. The average molecular weight is 1630 g/mol. The molecule has 6 saturated carbocycles. The van der Waals surface area contributed by atoms with Gasteiger partial charge >= 0.3 is 47.9 Å². The summed E-state index contributed by atoms with van der Waals surface area (Å²) >= 11 is 18.5. The molecule has 5 N–H and O–H groups in total. The van der Waals surface area contributed by atoms with Gasteiger partial charge in [0.2, 0.25) is 0 Å². The third-order valence-electron chi connectivity index (χ3n) is 22.3. The standard InChI is InChI=1S/C17H22N2O4.C14H15NO4.C13H13NO4.C12H14N2O2.C11H13BrClNO.C10H9BrClNO2/c1-15(2,3)23-14(21)19-11-7-6-10-12(18-11)17(8-9-17)16(4,5)22-13(10)20;1-13(2)14(6-7-14)10-8(11(16)19-13)4-5-9(15-10)12(17)18-3;1-12(2)13(5-6-13)9-7(11(17)18-12)3-4-8(14-9)10(15)16;1-11(2)12(5-6-12)9-7(10(15)16-11)3-4-8(13)14-9;1-10(2,15)11(5-6-11)9-7(12)3-4-8(13)14-9;1-15-9(14)10(4-5-10)8-6(11)2-3-7(12)13-8/h6-7H,8-9H2,1-5H3,(H,18,19,21);4-5H,6-7H2,1-3H3;3-4H,5-6H2,1-2H3,(H,15,16);3-4H,5-6H2,1-2H3,(H2,13,14);3-4,15H,5-6H2,1-2H3;2-3H,4-5H2,1H3. The van der Waals surface area contributed by atoms with Gasteiger partial charge in [0.25, 0.3) is 0 Å². The highest BCUT2D eigenvalue weighted by atomic mass is 79.9. The number of carboxylic acid groups (broad SMARTS) is 1. The minimum absolute atomic E-state index is 0.0227. The van der Waals surface area contributed by atoms with Crippen molar-refractivity contribution >= 4 is 115 Å². The fourth-order valence-corrected chi connectivity index (χ4v) is 16.4. The Morgan fingerprint density at radius 2 is 0.849 bits per heavy atom. The van der Waals surface area contributed by atoms with Gasteiger partial charge in [-0.3, -0.25) is 10.1 Å². The average Bonchev–Trinajstić information content (AvgIpc) is 1.55. The van der Waals surface area contributed by atoms with Gasteiger partial charge in [-0.25, -0.2) is 63.5 Å². The van der Waals surface area contributed by atoms with Gasteiger partial charge in [0.1, 0.15) is 66.8 Å². The number of aromatic nitrogens is 6. The van der Waals surface area contributed by atoms with Gasteiger partial charge in [0.15, 0.2) is 0 Å². The Balaban J connectivity index is 0.000000128. The number of ether oxygens (including phenoxy) is 7. The van der Waals surface area contributed by atoms with Gasteiger partial charge < -0.3 is 49.1 Å². The Morgan fingerprint density at radius 1 is 0.481 bits per heavy atom. The lowest BCUT2D eigenvalue weighted by Crippen LogP contribution is -2.46. The molecule has 6 aromatic rings. The van der Waals surface area contributed by atoms with Gasteiger partial charge in [-0.1, -0.05) is 23.2 Å². The van der Waals surface area contributed by atoms with E-state index in [0.717, 1.165) is 97.4 Å². The zero-order valence-electron chi connectivity index (χ0n) is 61.7. The number of nitrogens with one attached hydrogen (secondary N) is 1. The number of carbonyl (C=O) groups excluding carboxylic acids is 7. The molecule has 564 valence electrons. The van der Waals surface area contributed by atoms with E-state index < -0.39 is 63.0 Å². The number of hydrogen-bond acceptors (Lipinski definition) is 23. The molecule has 0 aromatic carbocycles. The molecule has 4 spiro atoms. The summed E-state index contributed by atoms with van der Waals surface area (Å²) in [4.78, 5) is 120. The van der Waals surface area contributed by atoms with Gasteiger partial charge in [0, 0.05) is 14.4 Å². The van der Waals surface area contributed by atoms with E-state index in [1.807, 2.05) is 75.3 Å². The smallest absolute Gasteiger partial charge is 0.413 e. The number of nitrogen functional groups attached to an aromatic ring is 1. The first-order chi connectivity index (χ1) is 49.3. The fraction of sp³-hybridized carbons (Fsp3) is 0.506. The first-order valence-electron chi connectivity index (χ1n) is 34.8. The lowest BCUT2D eigenvalue weighted by Gasteiger charge is -2.39. The molecule has 0 unspecified atom stereocenters. The number of carbonyl (C=O) groups is 8. The van der Waals surface area contributed by atoms with E-state index in [2.05, 4.69) is 71.8 Å². The first-order valence-corrected chi connectivity index (χ1v) is 37.1. The van der Waals surface area contributed by atoms with Crippen molar-refractivity contribution < 1.29 is 81.7 Å². The molecule has 1 amide bonds. The molecule has 6 aliphatic carbocycles. The van der Waals surface area contributed by atoms with E-state index in [0.29, 0.717) is 67.0 Å². The van der Waals surface area contributed by atoms with Gasteiger partial charge in [-0.05, 0) is 272 Å². The van der Waals surface area contributed by atoms with Crippen LogP contribution in [0.4, 0.5) is 16.4 Å². The Hall–Kier alpha value is -8.24. The Kier molecular flexibility index (Phi) is 20.4. The van der Waals surface area contributed by atoms with Crippen LogP contribution in [0.2, 0.25) is 10.3 Å². The molecule has 10 heterocycles. The number of esters is 6. The van der Waals surface area contributed by atoms with Crippen LogP contribution in [0, 0.1) is 0 Å². The number of methoxy groups -OCH3 is 2. The number of halogens is 4. The van der Waals surface area contributed by atoms with Crippen LogP contribution in [0.5, 0.6) is 0 Å². The molecule has 0 bridgehead atoms. The summed E-state index contributed by atoms with van der Waals surface area (Å²) in [6, 6.07) is 19.7. The van der Waals surface area contributed by atoms with E-state index in [1.54, 1.807) is 69.3 Å². The maximum Gasteiger partial charge on any atom is 0.413 e. The van der Waals surface area contributed by atoms with E-state index in [1.165, 1.54) is 32.4 Å². The molecule has 6 fully saturated rings. The maximum atomic E-state index is 12.2. The van der Waals surface area contributed by atoms with Crippen molar-refractivity contribution in [3.8, 4) is 0 Å². The molecule has 0 radical (unpaired) electrons. The molecule has 6 aromatic heterocycles. The predicted octanol–water partition coefficient (Wildman–Crippen LogP) is 14.7. The van der Waals surface area contributed by atoms with Crippen LogP contribution in [0.1, 0.15) is 264 Å². The molecular formula is C77H86Br2Cl2N8O17. The van der Waals surface area contributed by atoms with Crippen molar-refractivity contribution in [3.63, 3.8) is 0 Å². The summed E-state index contributed by atoms with van der Waals surface area (Å²) in [5.74, 6) is -2.40. The lowest BCUT2D eigenvalue weighted by atomic mass is 9.79. The minimum Gasteiger partial charge on any atom is -0.477 e. The van der Waals surface area contributed by atoms with E-state index in [9.17, 15) is 43.5 Å². The van der Waals surface area contributed by atoms with Crippen LogP contribution in [0.3, 0.4) is 0 Å². The van der Waals surface area contributed by atoms with Crippen LogP contribution in [-0.2, 0) is 70.4 Å². The third-order valence-corrected chi connectivity index (χ3v) is 24.0. The summed E-state index contributed by atoms with van der Waals surface area (Å²) < 4.78 is 38.5. The quantitative estimate of drug-likeness (QED) is 0.0655. The molecular weight excluding hydrogens is 1540 g/mol. The first kappa shape index (κ1) is 78.8. The van der Waals surface area contributed by atoms with Gasteiger partial charge in [-0.2, -0.15) is 0 Å². The SMILES string of the molecule is CC(C)(C)OC(=O)Nc1ccc2c(n1)C1(CC1)C(C)(C)OC2=O.CC(C)(O)C1(c2nc(Cl)ccc2Br)CC1.CC1(C)OC(=O)c2ccc(C(=O)O)nc2C12CC2.CC1(C)OC(=O)c2ccc(N)nc2C12CC2.COC(=O)C1(c2nc(Cl)ccc2Br)CC1.COC(=O)c1ccc2c(n1)C1(CC1)C(C)(C)OC2=O. The number of amides is 1. The number of hydrogen-bond donors (Lipinski definition) is 4. The Morgan fingerprint density at radius 3 is 1.22 bits per heavy atom. The minimum atomic E-state index is -1.08. The fourth-order valence-electron chi connectivity index (χ4n) is 14.9. The number of nitrogens with zero attached hydrogens (tertiary/aromatic N) is 6. The van der Waals surface area contributed by atoms with Crippen molar-refractivity contribution in [2.24, 2.45) is 0 Å².